The summed E-state index contributed by atoms with van der Waals surface area (Å²) >= 11 is 0. The van der Waals surface area contributed by atoms with Crippen LogP contribution in [0.5, 0.6) is 0 Å². The predicted octanol–water partition coefficient (Wildman–Crippen LogP) is 1.52. The first-order valence-electron chi connectivity index (χ1n) is 8.05. The Hall–Kier alpha value is -1.02. The summed E-state index contributed by atoms with van der Waals surface area (Å²) in [6, 6.07) is -0.00221. The summed E-state index contributed by atoms with van der Waals surface area (Å²) in [5.41, 5.74) is -0.0830. The van der Waals surface area contributed by atoms with Gasteiger partial charge in [-0.1, -0.05) is 0 Å². The Kier molecular flexibility index (Phi) is 7.13. The molecule has 0 spiro atoms. The van der Waals surface area contributed by atoms with Crippen LogP contribution in [0.4, 0.5) is 13.2 Å². The second kappa shape index (κ2) is 8.19. The zero-order valence-electron chi connectivity index (χ0n) is 14.8. The van der Waals surface area contributed by atoms with Crippen molar-refractivity contribution in [3.63, 3.8) is 0 Å². The van der Waals surface area contributed by atoms with Crippen molar-refractivity contribution in [2.75, 3.05) is 46.8 Å². The van der Waals surface area contributed by atoms with Crippen molar-refractivity contribution in [1.82, 2.24) is 20.4 Å². The highest BCUT2D eigenvalue weighted by molar-refractivity contribution is 5.80. The van der Waals surface area contributed by atoms with E-state index in [9.17, 15) is 13.2 Å². The lowest BCUT2D eigenvalue weighted by Crippen LogP contribution is -2.47. The van der Waals surface area contributed by atoms with Crippen molar-refractivity contribution in [3.8, 4) is 0 Å². The van der Waals surface area contributed by atoms with E-state index in [4.69, 9.17) is 0 Å². The predicted molar refractivity (Wildman–Crippen MR) is 87.8 cm³/mol. The van der Waals surface area contributed by atoms with Gasteiger partial charge in [0.2, 0.25) is 0 Å². The fourth-order valence-electron chi connectivity index (χ4n) is 2.27. The number of likely N-dealkylation sites (N-methyl/N-ethyl adjacent to an activating group) is 1. The lowest BCUT2D eigenvalue weighted by atomic mass is 10.1. The van der Waals surface area contributed by atoms with Gasteiger partial charge in [0.15, 0.2) is 5.96 Å². The van der Waals surface area contributed by atoms with Crippen LogP contribution in [0.25, 0.3) is 0 Å². The van der Waals surface area contributed by atoms with Crippen LogP contribution in [0.3, 0.4) is 0 Å². The standard InChI is InChI=1S/C15H30F3N5/c1-6-19-13(20-10-14(2,3)22(4)5)21-12-7-8-23(9-12)11-15(16,17)18/h12H,6-11H2,1-5H3,(H2,19,20,21). The second-order valence-corrected chi connectivity index (χ2v) is 6.88. The molecule has 1 rings (SSSR count). The van der Waals surface area contributed by atoms with Gasteiger partial charge in [-0.05, 0) is 41.3 Å². The van der Waals surface area contributed by atoms with Gasteiger partial charge in [-0.15, -0.1) is 0 Å². The molecule has 1 saturated heterocycles. The molecule has 1 atom stereocenters. The van der Waals surface area contributed by atoms with Crippen LogP contribution in [0.1, 0.15) is 27.2 Å². The van der Waals surface area contributed by atoms with Gasteiger partial charge < -0.3 is 15.5 Å². The molecule has 136 valence electrons. The summed E-state index contributed by atoms with van der Waals surface area (Å²) in [7, 11) is 4.00. The Bertz CT molecular complexity index is 393. The first-order valence-corrected chi connectivity index (χ1v) is 8.05. The molecule has 23 heavy (non-hydrogen) atoms. The van der Waals surface area contributed by atoms with Crippen molar-refractivity contribution >= 4 is 5.96 Å². The molecule has 0 bridgehead atoms. The van der Waals surface area contributed by atoms with Crippen LogP contribution in [0.2, 0.25) is 0 Å². The molecular weight excluding hydrogens is 307 g/mol. The number of alkyl halides is 3. The lowest BCUT2D eigenvalue weighted by Gasteiger charge is -2.31. The Balaban J connectivity index is 2.57. The molecule has 0 amide bonds. The molecule has 8 heteroatoms. The topological polar surface area (TPSA) is 42.9 Å². The maximum atomic E-state index is 12.4. The largest absolute Gasteiger partial charge is 0.401 e. The number of aliphatic imine (C=N–C) groups is 1. The molecule has 0 aromatic heterocycles. The van der Waals surface area contributed by atoms with E-state index in [0.29, 0.717) is 38.6 Å². The van der Waals surface area contributed by atoms with E-state index >= 15 is 0 Å². The van der Waals surface area contributed by atoms with Crippen LogP contribution in [-0.2, 0) is 0 Å². The van der Waals surface area contributed by atoms with Gasteiger partial charge >= 0.3 is 6.18 Å². The van der Waals surface area contributed by atoms with Crippen LogP contribution >= 0.6 is 0 Å². The minimum absolute atomic E-state index is 0.00221. The molecule has 0 aromatic rings. The van der Waals surface area contributed by atoms with Crippen LogP contribution in [0.15, 0.2) is 4.99 Å². The fourth-order valence-corrected chi connectivity index (χ4v) is 2.27. The van der Waals surface area contributed by atoms with E-state index in [1.807, 2.05) is 21.0 Å². The molecule has 0 saturated carbocycles. The van der Waals surface area contributed by atoms with Crippen LogP contribution in [0, 0.1) is 0 Å². The average Bonchev–Trinajstić information content (AvgIpc) is 2.81. The number of nitrogens with one attached hydrogen (secondary N) is 2. The molecular formula is C15H30F3N5. The minimum atomic E-state index is -4.14. The summed E-state index contributed by atoms with van der Waals surface area (Å²) in [6.45, 7) is 7.50. The summed E-state index contributed by atoms with van der Waals surface area (Å²) < 4.78 is 37.3. The Morgan fingerprint density at radius 3 is 2.48 bits per heavy atom. The molecule has 0 aliphatic carbocycles. The van der Waals surface area contributed by atoms with Gasteiger partial charge in [-0.3, -0.25) is 9.89 Å². The van der Waals surface area contributed by atoms with Gasteiger partial charge in [-0.25, -0.2) is 0 Å². The first kappa shape index (κ1) is 20.0. The highest BCUT2D eigenvalue weighted by Gasteiger charge is 2.34. The third-order valence-corrected chi connectivity index (χ3v) is 4.20. The highest BCUT2D eigenvalue weighted by Crippen LogP contribution is 2.20. The van der Waals surface area contributed by atoms with Gasteiger partial charge in [0.05, 0.1) is 13.1 Å². The Labute approximate surface area is 137 Å². The lowest BCUT2D eigenvalue weighted by molar-refractivity contribution is -0.143. The van der Waals surface area contributed by atoms with Gasteiger partial charge in [0.25, 0.3) is 0 Å². The van der Waals surface area contributed by atoms with E-state index in [0.717, 1.165) is 0 Å². The van der Waals surface area contributed by atoms with Crippen molar-refractivity contribution in [2.45, 2.75) is 44.9 Å². The molecule has 5 nitrogen and oxygen atoms in total. The summed E-state index contributed by atoms with van der Waals surface area (Å²) in [6.07, 6.45) is -3.44. The summed E-state index contributed by atoms with van der Waals surface area (Å²) in [4.78, 5) is 8.11. The normalized spacial score (nSPS) is 21.1. The number of rotatable bonds is 6. The maximum Gasteiger partial charge on any atom is 0.401 e. The van der Waals surface area contributed by atoms with Crippen molar-refractivity contribution in [1.29, 1.82) is 0 Å². The molecule has 1 aliphatic rings. The Morgan fingerprint density at radius 2 is 1.96 bits per heavy atom. The summed E-state index contributed by atoms with van der Waals surface area (Å²) in [5, 5.41) is 6.42. The van der Waals surface area contributed by atoms with E-state index in [1.165, 1.54) is 4.90 Å². The van der Waals surface area contributed by atoms with Gasteiger partial charge in [-0.2, -0.15) is 13.2 Å². The van der Waals surface area contributed by atoms with E-state index < -0.39 is 12.7 Å². The molecule has 1 aliphatic heterocycles. The van der Waals surface area contributed by atoms with Gasteiger partial charge in [0, 0.05) is 31.2 Å². The van der Waals surface area contributed by atoms with Crippen molar-refractivity contribution in [3.05, 3.63) is 0 Å². The number of guanidine groups is 1. The molecule has 1 unspecified atom stereocenters. The molecule has 1 fully saturated rings. The SMILES string of the molecule is CCNC(=NCC(C)(C)N(C)C)NC1CCN(CC(F)(F)F)C1. The number of nitrogens with zero attached hydrogens (tertiary/aromatic N) is 3. The number of likely N-dealkylation sites (tertiary alicyclic amines) is 1. The zero-order chi connectivity index (χ0) is 17.7. The Morgan fingerprint density at radius 1 is 1.30 bits per heavy atom. The van der Waals surface area contributed by atoms with Crippen LogP contribution < -0.4 is 10.6 Å². The zero-order valence-corrected chi connectivity index (χ0v) is 14.8. The fraction of sp³-hybridized carbons (Fsp3) is 0.933. The summed E-state index contributed by atoms with van der Waals surface area (Å²) in [5.74, 6) is 0.668. The smallest absolute Gasteiger partial charge is 0.357 e. The minimum Gasteiger partial charge on any atom is -0.357 e. The van der Waals surface area contributed by atoms with E-state index in [-0.39, 0.29) is 11.6 Å². The number of hydrogen-bond acceptors (Lipinski definition) is 3. The third-order valence-electron chi connectivity index (χ3n) is 4.20. The quantitative estimate of drug-likeness (QED) is 0.570. The monoisotopic (exact) mass is 337 g/mol. The number of halogens is 3. The molecule has 0 radical (unpaired) electrons. The molecule has 2 N–H and O–H groups in total. The average molecular weight is 337 g/mol. The third kappa shape index (κ3) is 7.39. The van der Waals surface area contributed by atoms with E-state index in [1.54, 1.807) is 0 Å². The van der Waals surface area contributed by atoms with Crippen molar-refractivity contribution in [2.24, 2.45) is 4.99 Å². The maximum absolute atomic E-state index is 12.4. The van der Waals surface area contributed by atoms with Gasteiger partial charge in [0.1, 0.15) is 0 Å². The first-order chi connectivity index (χ1) is 10.5. The van der Waals surface area contributed by atoms with Crippen LogP contribution in [-0.4, -0.2) is 80.3 Å². The second-order valence-electron chi connectivity index (χ2n) is 6.88. The molecule has 1 heterocycles. The highest BCUT2D eigenvalue weighted by atomic mass is 19.4. The number of hydrogen-bond donors (Lipinski definition) is 2. The van der Waals surface area contributed by atoms with Crippen molar-refractivity contribution < 1.29 is 13.2 Å². The molecule has 0 aromatic carbocycles. The van der Waals surface area contributed by atoms with E-state index in [2.05, 4.69) is 34.4 Å².